The quantitative estimate of drug-likeness (QED) is 0.621. The first-order valence-corrected chi connectivity index (χ1v) is 11.5. The largest absolute Gasteiger partial charge is 0.348 e. The molecule has 0 heterocycles. The second kappa shape index (κ2) is 9.13. The van der Waals surface area contributed by atoms with Gasteiger partial charge in [0.2, 0.25) is 10.0 Å². The summed E-state index contributed by atoms with van der Waals surface area (Å²) >= 11 is 0. The maximum Gasteiger partial charge on any atom is 0.251 e. The van der Waals surface area contributed by atoms with Gasteiger partial charge in [0.25, 0.3) is 5.91 Å². The molecule has 0 aliphatic carbocycles. The number of nitrogens with one attached hydrogen (secondary N) is 1. The first-order chi connectivity index (χ1) is 14.2. The van der Waals surface area contributed by atoms with E-state index in [9.17, 15) is 13.2 Å². The van der Waals surface area contributed by atoms with Crippen LogP contribution in [0.3, 0.4) is 0 Å². The lowest BCUT2D eigenvalue weighted by atomic mass is 10.1. The molecule has 6 heteroatoms. The molecule has 0 atom stereocenters. The highest BCUT2D eigenvalue weighted by Gasteiger charge is 2.18. The molecule has 0 radical (unpaired) electrons. The molecular weight excluding hydrogens is 396 g/mol. The van der Waals surface area contributed by atoms with Gasteiger partial charge in [0, 0.05) is 12.1 Å². The number of hydrogen-bond donors (Lipinski definition) is 1. The Kier molecular flexibility index (Phi) is 6.57. The van der Waals surface area contributed by atoms with E-state index in [1.807, 2.05) is 62.4 Å². The molecule has 0 aromatic heterocycles. The smallest absolute Gasteiger partial charge is 0.251 e. The molecule has 3 rings (SSSR count). The van der Waals surface area contributed by atoms with Gasteiger partial charge < -0.3 is 5.32 Å². The summed E-state index contributed by atoms with van der Waals surface area (Å²) in [5, 5.41) is 2.90. The van der Waals surface area contributed by atoms with E-state index in [-0.39, 0.29) is 12.5 Å². The maximum absolute atomic E-state index is 12.5. The van der Waals surface area contributed by atoms with Crippen molar-refractivity contribution in [2.75, 3.05) is 10.6 Å². The fourth-order valence-corrected chi connectivity index (χ4v) is 4.03. The Morgan fingerprint density at radius 1 is 0.867 bits per heavy atom. The van der Waals surface area contributed by atoms with E-state index in [0.29, 0.717) is 17.8 Å². The fraction of sp³-hybridized carbons (Fsp3) is 0.208. The molecule has 0 bridgehead atoms. The second-order valence-corrected chi connectivity index (χ2v) is 9.38. The van der Waals surface area contributed by atoms with Gasteiger partial charge in [0.15, 0.2) is 0 Å². The number of sulfonamides is 1. The molecule has 3 aromatic carbocycles. The average Bonchev–Trinajstić information content (AvgIpc) is 2.71. The number of nitrogens with zero attached hydrogens (tertiary/aromatic N) is 1. The van der Waals surface area contributed by atoms with Crippen LogP contribution in [-0.4, -0.2) is 20.6 Å². The van der Waals surface area contributed by atoms with Gasteiger partial charge in [-0.2, -0.15) is 0 Å². The minimum atomic E-state index is -3.48. The van der Waals surface area contributed by atoms with Crippen molar-refractivity contribution in [3.05, 3.63) is 101 Å². The van der Waals surface area contributed by atoms with Crippen LogP contribution >= 0.6 is 0 Å². The highest BCUT2D eigenvalue weighted by Crippen LogP contribution is 2.21. The van der Waals surface area contributed by atoms with Crippen molar-refractivity contribution in [1.29, 1.82) is 0 Å². The summed E-state index contributed by atoms with van der Waals surface area (Å²) in [5.41, 5.74) is 5.18. The van der Waals surface area contributed by atoms with Crippen LogP contribution in [0.4, 0.5) is 5.69 Å². The molecule has 5 nitrogen and oxygen atoms in total. The number of carbonyl (C=O) groups is 1. The summed E-state index contributed by atoms with van der Waals surface area (Å²) < 4.78 is 26.1. The Morgan fingerprint density at radius 2 is 1.53 bits per heavy atom. The number of carbonyl (C=O) groups excluding carboxylic acids is 1. The van der Waals surface area contributed by atoms with E-state index in [2.05, 4.69) is 5.32 Å². The maximum atomic E-state index is 12.5. The van der Waals surface area contributed by atoms with Crippen LogP contribution in [0.5, 0.6) is 0 Å². The molecular formula is C24H26N2O3S. The van der Waals surface area contributed by atoms with Crippen LogP contribution in [0.15, 0.2) is 72.8 Å². The zero-order valence-corrected chi connectivity index (χ0v) is 18.2. The van der Waals surface area contributed by atoms with Crippen LogP contribution in [0.2, 0.25) is 0 Å². The number of benzene rings is 3. The lowest BCUT2D eigenvalue weighted by molar-refractivity contribution is 0.0951. The SMILES string of the molecule is Cc1ccc(CN(c2ccc(C(=O)NCc3cccc(C)c3)cc2)S(C)(=O)=O)cc1. The number of hydrogen-bond acceptors (Lipinski definition) is 3. The van der Waals surface area contributed by atoms with E-state index in [4.69, 9.17) is 0 Å². The minimum Gasteiger partial charge on any atom is -0.348 e. The van der Waals surface area contributed by atoms with Crippen molar-refractivity contribution in [1.82, 2.24) is 5.32 Å². The number of amides is 1. The lowest BCUT2D eigenvalue weighted by Crippen LogP contribution is -2.29. The first-order valence-electron chi connectivity index (χ1n) is 9.69. The predicted octanol–water partition coefficient (Wildman–Crippen LogP) is 4.20. The zero-order valence-electron chi connectivity index (χ0n) is 17.4. The molecule has 0 spiro atoms. The van der Waals surface area contributed by atoms with Crippen molar-refractivity contribution in [3.63, 3.8) is 0 Å². The first kappa shape index (κ1) is 21.6. The van der Waals surface area contributed by atoms with Crippen LogP contribution in [-0.2, 0) is 23.1 Å². The van der Waals surface area contributed by atoms with Gasteiger partial charge >= 0.3 is 0 Å². The summed E-state index contributed by atoms with van der Waals surface area (Å²) in [4.78, 5) is 12.5. The highest BCUT2D eigenvalue weighted by molar-refractivity contribution is 7.92. The summed E-state index contributed by atoms with van der Waals surface area (Å²) in [6, 6.07) is 22.3. The lowest BCUT2D eigenvalue weighted by Gasteiger charge is -2.23. The fourth-order valence-electron chi connectivity index (χ4n) is 3.14. The molecule has 1 amide bonds. The van der Waals surface area contributed by atoms with Crippen molar-refractivity contribution >= 4 is 21.6 Å². The standard InChI is InChI=1S/C24H26N2O3S/c1-18-7-9-20(10-8-18)17-26(30(3,28)29)23-13-11-22(12-14-23)24(27)25-16-21-6-4-5-19(2)15-21/h4-15H,16-17H2,1-3H3,(H,25,27). The third-order valence-electron chi connectivity index (χ3n) is 4.80. The van der Waals surface area contributed by atoms with Crippen molar-refractivity contribution in [2.45, 2.75) is 26.9 Å². The van der Waals surface area contributed by atoms with Gasteiger partial charge in [-0.3, -0.25) is 9.10 Å². The molecule has 0 aliphatic rings. The third-order valence-corrected chi connectivity index (χ3v) is 5.94. The van der Waals surface area contributed by atoms with Crippen molar-refractivity contribution < 1.29 is 13.2 Å². The summed E-state index contributed by atoms with van der Waals surface area (Å²) in [6.07, 6.45) is 1.18. The Balaban J connectivity index is 1.72. The molecule has 0 fully saturated rings. The van der Waals surface area contributed by atoms with Crippen LogP contribution in [0, 0.1) is 13.8 Å². The summed E-state index contributed by atoms with van der Waals surface area (Å²) in [7, 11) is -3.48. The summed E-state index contributed by atoms with van der Waals surface area (Å²) in [6.45, 7) is 4.66. The van der Waals surface area contributed by atoms with Crippen LogP contribution < -0.4 is 9.62 Å². The van der Waals surface area contributed by atoms with Gasteiger partial charge in [0.1, 0.15) is 0 Å². The molecule has 0 unspecified atom stereocenters. The highest BCUT2D eigenvalue weighted by atomic mass is 32.2. The van der Waals surface area contributed by atoms with E-state index in [1.54, 1.807) is 24.3 Å². The molecule has 30 heavy (non-hydrogen) atoms. The molecule has 156 valence electrons. The predicted molar refractivity (Wildman–Crippen MR) is 121 cm³/mol. The van der Waals surface area contributed by atoms with Gasteiger partial charge in [-0.1, -0.05) is 59.7 Å². The topological polar surface area (TPSA) is 66.5 Å². The minimum absolute atomic E-state index is 0.201. The van der Waals surface area contributed by atoms with E-state index < -0.39 is 10.0 Å². The molecule has 0 saturated carbocycles. The van der Waals surface area contributed by atoms with Gasteiger partial charge in [-0.25, -0.2) is 8.42 Å². The van der Waals surface area contributed by atoms with Gasteiger partial charge in [0.05, 0.1) is 18.5 Å². The number of anilines is 1. The van der Waals surface area contributed by atoms with Gasteiger partial charge in [-0.15, -0.1) is 0 Å². The molecule has 1 N–H and O–H groups in total. The summed E-state index contributed by atoms with van der Waals surface area (Å²) in [5.74, 6) is -0.201. The molecule has 0 saturated heterocycles. The van der Waals surface area contributed by atoms with E-state index in [0.717, 1.165) is 22.3 Å². The van der Waals surface area contributed by atoms with Crippen molar-refractivity contribution in [3.8, 4) is 0 Å². The van der Waals surface area contributed by atoms with Gasteiger partial charge in [-0.05, 0) is 49.2 Å². The van der Waals surface area contributed by atoms with Crippen molar-refractivity contribution in [2.24, 2.45) is 0 Å². The van der Waals surface area contributed by atoms with E-state index >= 15 is 0 Å². The molecule has 3 aromatic rings. The Bertz CT molecular complexity index is 1120. The zero-order chi connectivity index (χ0) is 21.7. The number of rotatable bonds is 7. The third kappa shape index (κ3) is 5.70. The van der Waals surface area contributed by atoms with Crippen LogP contribution in [0.1, 0.15) is 32.6 Å². The normalized spacial score (nSPS) is 11.2. The average molecular weight is 423 g/mol. The number of aryl methyl sites for hydroxylation is 2. The Labute approximate surface area is 178 Å². The second-order valence-electron chi connectivity index (χ2n) is 7.47. The van der Waals surface area contributed by atoms with E-state index in [1.165, 1.54) is 10.6 Å². The Hall–Kier alpha value is -3.12. The monoisotopic (exact) mass is 422 g/mol. The Morgan fingerprint density at radius 3 is 2.13 bits per heavy atom. The molecule has 0 aliphatic heterocycles. The van der Waals surface area contributed by atoms with Crippen LogP contribution in [0.25, 0.3) is 0 Å².